The van der Waals surface area contributed by atoms with Crippen molar-refractivity contribution in [3.63, 3.8) is 0 Å². The summed E-state index contributed by atoms with van der Waals surface area (Å²) in [6.07, 6.45) is 4.79. The lowest BCUT2D eigenvalue weighted by atomic mass is 10.0. The van der Waals surface area contributed by atoms with E-state index < -0.39 is 0 Å². The monoisotopic (exact) mass is 201 g/mol. The number of hydrogen-bond donors (Lipinski definition) is 0. The van der Waals surface area contributed by atoms with Crippen LogP contribution < -0.4 is 4.90 Å². The summed E-state index contributed by atoms with van der Waals surface area (Å²) in [5.74, 6) is 0.232. The fraction of sp³-hybridized carbons (Fsp3) is 0.308. The molecule has 0 spiro atoms. The van der Waals surface area contributed by atoms with Gasteiger partial charge >= 0.3 is 0 Å². The Morgan fingerprint density at radius 1 is 1.40 bits per heavy atom. The molecule has 0 aromatic heterocycles. The maximum absolute atomic E-state index is 11.1. The zero-order valence-electron chi connectivity index (χ0n) is 9.10. The molecule has 0 saturated heterocycles. The zero-order chi connectivity index (χ0) is 10.8. The molecule has 0 radical (unpaired) electrons. The summed E-state index contributed by atoms with van der Waals surface area (Å²) in [4.78, 5) is 13.3. The van der Waals surface area contributed by atoms with Crippen LogP contribution in [0.15, 0.2) is 30.3 Å². The summed E-state index contributed by atoms with van der Waals surface area (Å²) in [5, 5.41) is 0. The molecule has 1 heterocycles. The van der Waals surface area contributed by atoms with Crippen LogP contribution in [0, 0.1) is 0 Å². The van der Waals surface area contributed by atoms with Crippen LogP contribution in [0.25, 0.3) is 6.08 Å². The van der Waals surface area contributed by atoms with Gasteiger partial charge in [-0.2, -0.15) is 0 Å². The van der Waals surface area contributed by atoms with Crippen molar-refractivity contribution in [1.29, 1.82) is 0 Å². The Labute approximate surface area is 90.2 Å². The summed E-state index contributed by atoms with van der Waals surface area (Å²) in [7, 11) is 2.04. The van der Waals surface area contributed by atoms with Crippen LogP contribution in [0.4, 0.5) is 5.69 Å². The number of benzene rings is 1. The molecule has 1 aromatic rings. The third-order valence-corrected chi connectivity index (χ3v) is 2.81. The average molecular weight is 201 g/mol. The molecule has 2 heteroatoms. The molecule has 15 heavy (non-hydrogen) atoms. The molecular formula is C13H15NO. The molecule has 2 rings (SSSR count). The standard InChI is InChI=1S/C13H15NO/c1-10(15)9-12-8-7-11-5-3-4-6-13(11)14(12)2/h3-8,12H,9H2,1-2H3. The molecule has 0 bridgehead atoms. The molecule has 78 valence electrons. The molecule has 0 aliphatic carbocycles. The van der Waals surface area contributed by atoms with Crippen molar-refractivity contribution in [2.75, 3.05) is 11.9 Å². The van der Waals surface area contributed by atoms with E-state index in [4.69, 9.17) is 0 Å². The number of hydrogen-bond acceptors (Lipinski definition) is 2. The van der Waals surface area contributed by atoms with E-state index in [1.807, 2.05) is 19.2 Å². The van der Waals surface area contributed by atoms with Crippen LogP contribution in [0.2, 0.25) is 0 Å². The number of rotatable bonds is 2. The molecule has 1 aliphatic heterocycles. The van der Waals surface area contributed by atoms with Gasteiger partial charge in [-0.3, -0.25) is 4.79 Å². The van der Waals surface area contributed by atoms with Crippen molar-refractivity contribution in [3.05, 3.63) is 35.9 Å². The number of para-hydroxylation sites is 1. The number of ketones is 1. The highest BCUT2D eigenvalue weighted by Crippen LogP contribution is 2.28. The number of fused-ring (bicyclic) bond motifs is 1. The van der Waals surface area contributed by atoms with Crippen molar-refractivity contribution in [2.45, 2.75) is 19.4 Å². The first-order valence-corrected chi connectivity index (χ1v) is 5.18. The predicted octanol–water partition coefficient (Wildman–Crippen LogP) is 2.50. The molecule has 0 amide bonds. The van der Waals surface area contributed by atoms with Gasteiger partial charge in [0.2, 0.25) is 0 Å². The van der Waals surface area contributed by atoms with E-state index in [1.54, 1.807) is 6.92 Å². The van der Waals surface area contributed by atoms with Gasteiger partial charge in [-0.15, -0.1) is 0 Å². The second-order valence-corrected chi connectivity index (χ2v) is 4.00. The summed E-state index contributed by atoms with van der Waals surface area (Å²) in [5.41, 5.74) is 2.42. The van der Waals surface area contributed by atoms with Gasteiger partial charge < -0.3 is 4.90 Å². The van der Waals surface area contributed by atoms with E-state index in [-0.39, 0.29) is 11.8 Å². The van der Waals surface area contributed by atoms with Gasteiger partial charge in [-0.25, -0.2) is 0 Å². The van der Waals surface area contributed by atoms with Crippen molar-refractivity contribution < 1.29 is 4.79 Å². The maximum atomic E-state index is 11.1. The second-order valence-electron chi connectivity index (χ2n) is 4.00. The first-order valence-electron chi connectivity index (χ1n) is 5.18. The Bertz CT molecular complexity index is 409. The van der Waals surface area contributed by atoms with E-state index in [9.17, 15) is 4.79 Å². The Balaban J connectivity index is 2.29. The Kier molecular flexibility index (Phi) is 2.58. The van der Waals surface area contributed by atoms with Crippen molar-refractivity contribution >= 4 is 17.5 Å². The van der Waals surface area contributed by atoms with E-state index >= 15 is 0 Å². The van der Waals surface area contributed by atoms with Crippen molar-refractivity contribution in [3.8, 4) is 0 Å². The van der Waals surface area contributed by atoms with Crippen LogP contribution in [0.3, 0.4) is 0 Å². The second kappa shape index (κ2) is 3.89. The van der Waals surface area contributed by atoms with Crippen LogP contribution in [-0.2, 0) is 4.79 Å². The van der Waals surface area contributed by atoms with E-state index in [0.29, 0.717) is 6.42 Å². The highest BCUT2D eigenvalue weighted by molar-refractivity contribution is 5.79. The summed E-state index contributed by atoms with van der Waals surface area (Å²) < 4.78 is 0. The molecule has 0 N–H and O–H groups in total. The highest BCUT2D eigenvalue weighted by Gasteiger charge is 2.19. The smallest absolute Gasteiger partial charge is 0.132 e. The predicted molar refractivity (Wildman–Crippen MR) is 63.0 cm³/mol. The molecule has 2 nitrogen and oxygen atoms in total. The number of nitrogens with zero attached hydrogens (tertiary/aromatic N) is 1. The molecule has 0 saturated carbocycles. The fourth-order valence-corrected chi connectivity index (χ4v) is 1.97. The third-order valence-electron chi connectivity index (χ3n) is 2.81. The number of likely N-dealkylation sites (N-methyl/N-ethyl adjacent to an activating group) is 1. The Morgan fingerprint density at radius 3 is 2.87 bits per heavy atom. The Hall–Kier alpha value is -1.57. The SMILES string of the molecule is CC(=O)CC1C=Cc2ccccc2N1C. The van der Waals surface area contributed by atoms with Crippen molar-refractivity contribution in [1.82, 2.24) is 0 Å². The molecule has 1 aromatic carbocycles. The lowest BCUT2D eigenvalue weighted by Crippen LogP contribution is -2.33. The molecule has 0 fully saturated rings. The Morgan fingerprint density at radius 2 is 2.13 bits per heavy atom. The van der Waals surface area contributed by atoms with Crippen LogP contribution in [0.5, 0.6) is 0 Å². The number of carbonyl (C=O) groups excluding carboxylic acids is 1. The van der Waals surface area contributed by atoms with E-state index in [0.717, 1.165) is 0 Å². The normalized spacial score (nSPS) is 18.8. The van der Waals surface area contributed by atoms with Crippen LogP contribution in [-0.4, -0.2) is 18.9 Å². The topological polar surface area (TPSA) is 20.3 Å². The van der Waals surface area contributed by atoms with Gasteiger partial charge in [0.05, 0.1) is 6.04 Å². The first kappa shape index (κ1) is 9.97. The van der Waals surface area contributed by atoms with Gasteiger partial charge in [-0.1, -0.05) is 30.4 Å². The van der Waals surface area contributed by atoms with Gasteiger partial charge in [0.15, 0.2) is 0 Å². The molecule has 1 atom stereocenters. The largest absolute Gasteiger partial charge is 0.367 e. The lowest BCUT2D eigenvalue weighted by Gasteiger charge is -2.31. The summed E-state index contributed by atoms with van der Waals surface area (Å²) in [6, 6.07) is 8.44. The maximum Gasteiger partial charge on any atom is 0.132 e. The summed E-state index contributed by atoms with van der Waals surface area (Å²) >= 11 is 0. The average Bonchev–Trinajstić information content (AvgIpc) is 2.22. The fourth-order valence-electron chi connectivity index (χ4n) is 1.97. The molecular weight excluding hydrogens is 186 g/mol. The highest BCUT2D eigenvalue weighted by atomic mass is 16.1. The number of Topliss-reactive ketones (excluding diaryl/α,β-unsaturated/α-hetero) is 1. The molecule has 1 unspecified atom stereocenters. The van der Waals surface area contributed by atoms with Crippen molar-refractivity contribution in [2.24, 2.45) is 0 Å². The van der Waals surface area contributed by atoms with Gasteiger partial charge in [0, 0.05) is 19.2 Å². The minimum atomic E-state index is 0.206. The quantitative estimate of drug-likeness (QED) is 0.732. The lowest BCUT2D eigenvalue weighted by molar-refractivity contribution is -0.117. The van der Waals surface area contributed by atoms with Gasteiger partial charge in [0.25, 0.3) is 0 Å². The molecule has 1 aliphatic rings. The van der Waals surface area contributed by atoms with E-state index in [2.05, 4.69) is 29.2 Å². The number of carbonyl (C=O) groups is 1. The first-order chi connectivity index (χ1) is 7.18. The zero-order valence-corrected chi connectivity index (χ0v) is 9.10. The van der Waals surface area contributed by atoms with Gasteiger partial charge in [0.1, 0.15) is 5.78 Å². The number of anilines is 1. The van der Waals surface area contributed by atoms with Crippen LogP contribution >= 0.6 is 0 Å². The minimum absolute atomic E-state index is 0.206. The summed E-state index contributed by atoms with van der Waals surface area (Å²) in [6.45, 7) is 1.64. The van der Waals surface area contributed by atoms with Crippen LogP contribution in [0.1, 0.15) is 18.9 Å². The van der Waals surface area contributed by atoms with Gasteiger partial charge in [-0.05, 0) is 18.6 Å². The third kappa shape index (κ3) is 1.94. The van der Waals surface area contributed by atoms with E-state index in [1.165, 1.54) is 11.3 Å². The minimum Gasteiger partial charge on any atom is -0.367 e.